The van der Waals surface area contributed by atoms with Gasteiger partial charge < -0.3 is 0 Å². The minimum Gasteiger partial charge on any atom is -0.241 e. The monoisotopic (exact) mass is 376 g/mol. The standard InChI is InChI=1S/C18H17FN2O2S2/c1-13-3-2-4-14(11-13)18-21-16(12-24-18)9-10-20-25(22,23)17-7-5-15(19)6-8-17/h2-8,11-12,20H,9-10H2,1H3. The number of aryl methyl sites for hydroxylation is 1. The first-order valence-corrected chi connectivity index (χ1v) is 10.1. The lowest BCUT2D eigenvalue weighted by Gasteiger charge is -2.05. The molecular formula is C18H17FN2O2S2. The third kappa shape index (κ3) is 4.50. The summed E-state index contributed by atoms with van der Waals surface area (Å²) in [5, 5.41) is 2.85. The van der Waals surface area contributed by atoms with Crippen LogP contribution in [0.3, 0.4) is 0 Å². The van der Waals surface area contributed by atoms with Crippen LogP contribution in [0.1, 0.15) is 11.3 Å². The Labute approximate surface area is 150 Å². The van der Waals surface area contributed by atoms with Gasteiger partial charge in [-0.15, -0.1) is 11.3 Å². The van der Waals surface area contributed by atoms with Gasteiger partial charge in [0, 0.05) is 23.9 Å². The Kier molecular flexibility index (Phi) is 5.27. The molecule has 2 aromatic carbocycles. The van der Waals surface area contributed by atoms with Crippen molar-refractivity contribution in [1.29, 1.82) is 0 Å². The molecule has 0 aliphatic carbocycles. The maximum atomic E-state index is 12.9. The van der Waals surface area contributed by atoms with Crippen LogP contribution in [0.15, 0.2) is 58.8 Å². The molecule has 0 bridgehead atoms. The fourth-order valence-electron chi connectivity index (χ4n) is 2.34. The van der Waals surface area contributed by atoms with Gasteiger partial charge in [0.2, 0.25) is 10.0 Å². The van der Waals surface area contributed by atoms with Crippen molar-refractivity contribution in [2.75, 3.05) is 6.54 Å². The average molecular weight is 376 g/mol. The summed E-state index contributed by atoms with van der Waals surface area (Å²) in [6, 6.07) is 12.8. The Morgan fingerprint density at radius 1 is 1.16 bits per heavy atom. The predicted octanol–water partition coefficient (Wildman–Crippen LogP) is 3.78. The third-order valence-electron chi connectivity index (χ3n) is 3.61. The van der Waals surface area contributed by atoms with Crippen LogP contribution in [-0.4, -0.2) is 19.9 Å². The van der Waals surface area contributed by atoms with Crippen molar-refractivity contribution < 1.29 is 12.8 Å². The van der Waals surface area contributed by atoms with Crippen molar-refractivity contribution in [3.63, 3.8) is 0 Å². The molecule has 0 aliphatic rings. The molecule has 0 saturated carbocycles. The van der Waals surface area contributed by atoms with Crippen molar-refractivity contribution in [3.8, 4) is 10.6 Å². The van der Waals surface area contributed by atoms with E-state index in [1.807, 2.05) is 30.5 Å². The van der Waals surface area contributed by atoms with E-state index in [1.54, 1.807) is 0 Å². The zero-order valence-electron chi connectivity index (χ0n) is 13.6. The van der Waals surface area contributed by atoms with Crippen LogP contribution >= 0.6 is 11.3 Å². The third-order valence-corrected chi connectivity index (χ3v) is 6.03. The van der Waals surface area contributed by atoms with Crippen molar-refractivity contribution in [2.45, 2.75) is 18.2 Å². The molecule has 0 atom stereocenters. The summed E-state index contributed by atoms with van der Waals surface area (Å²) >= 11 is 1.54. The van der Waals surface area contributed by atoms with Gasteiger partial charge in [-0.25, -0.2) is 22.5 Å². The lowest BCUT2D eigenvalue weighted by atomic mass is 10.1. The van der Waals surface area contributed by atoms with E-state index in [0.717, 1.165) is 28.4 Å². The molecule has 0 radical (unpaired) electrons. The molecule has 25 heavy (non-hydrogen) atoms. The first-order valence-electron chi connectivity index (χ1n) is 7.71. The van der Waals surface area contributed by atoms with E-state index < -0.39 is 15.8 Å². The molecule has 3 aromatic rings. The first-order chi connectivity index (χ1) is 11.9. The maximum absolute atomic E-state index is 12.9. The molecule has 0 unspecified atom stereocenters. The molecule has 4 nitrogen and oxygen atoms in total. The number of halogens is 1. The maximum Gasteiger partial charge on any atom is 0.240 e. The number of hydrogen-bond donors (Lipinski definition) is 1. The van der Waals surface area contributed by atoms with Crippen LogP contribution in [0, 0.1) is 12.7 Å². The number of benzene rings is 2. The van der Waals surface area contributed by atoms with E-state index in [9.17, 15) is 12.8 Å². The summed E-state index contributed by atoms with van der Waals surface area (Å²) < 4.78 is 39.7. The molecule has 3 rings (SSSR count). The summed E-state index contributed by atoms with van der Waals surface area (Å²) in [7, 11) is -3.64. The number of hydrogen-bond acceptors (Lipinski definition) is 4. The smallest absolute Gasteiger partial charge is 0.240 e. The molecular weight excluding hydrogens is 359 g/mol. The lowest BCUT2D eigenvalue weighted by molar-refractivity contribution is 0.580. The van der Waals surface area contributed by atoms with Gasteiger partial charge in [0.1, 0.15) is 10.8 Å². The quantitative estimate of drug-likeness (QED) is 0.712. The molecule has 0 aliphatic heterocycles. The minimum absolute atomic E-state index is 0.0487. The second kappa shape index (κ2) is 7.43. The predicted molar refractivity (Wildman–Crippen MR) is 97.6 cm³/mol. The van der Waals surface area contributed by atoms with Crippen LogP contribution in [0.25, 0.3) is 10.6 Å². The molecule has 0 spiro atoms. The van der Waals surface area contributed by atoms with E-state index in [0.29, 0.717) is 6.42 Å². The van der Waals surface area contributed by atoms with Crippen molar-refractivity contribution in [1.82, 2.24) is 9.71 Å². The average Bonchev–Trinajstić information content (AvgIpc) is 3.04. The van der Waals surface area contributed by atoms with Crippen molar-refractivity contribution >= 4 is 21.4 Å². The SMILES string of the molecule is Cc1cccc(-c2nc(CCNS(=O)(=O)c3ccc(F)cc3)cs2)c1. The van der Waals surface area contributed by atoms with Gasteiger partial charge in [0.25, 0.3) is 0 Å². The second-order valence-corrected chi connectivity index (χ2v) is 8.24. The van der Waals surface area contributed by atoms with Crippen molar-refractivity contribution in [3.05, 3.63) is 71.0 Å². The summed E-state index contributed by atoms with van der Waals surface area (Å²) in [5.74, 6) is -0.467. The van der Waals surface area contributed by atoms with E-state index in [2.05, 4.69) is 15.8 Å². The van der Waals surface area contributed by atoms with E-state index in [4.69, 9.17) is 0 Å². The van der Waals surface area contributed by atoms with Crippen LogP contribution < -0.4 is 4.72 Å². The Morgan fingerprint density at radius 2 is 1.92 bits per heavy atom. The van der Waals surface area contributed by atoms with Gasteiger partial charge in [-0.3, -0.25) is 0 Å². The normalized spacial score (nSPS) is 11.6. The van der Waals surface area contributed by atoms with E-state index >= 15 is 0 Å². The highest BCUT2D eigenvalue weighted by Crippen LogP contribution is 2.24. The molecule has 1 heterocycles. The summed E-state index contributed by atoms with van der Waals surface area (Å²) in [6.45, 7) is 2.26. The molecule has 7 heteroatoms. The topological polar surface area (TPSA) is 59.1 Å². The second-order valence-electron chi connectivity index (χ2n) is 5.62. The number of nitrogens with one attached hydrogen (secondary N) is 1. The van der Waals surface area contributed by atoms with Gasteiger partial charge in [-0.05, 0) is 37.3 Å². The summed E-state index contributed by atoms with van der Waals surface area (Å²) in [6.07, 6.45) is 0.489. The number of sulfonamides is 1. The highest BCUT2D eigenvalue weighted by atomic mass is 32.2. The zero-order chi connectivity index (χ0) is 17.9. The van der Waals surface area contributed by atoms with Crippen LogP contribution in [0.2, 0.25) is 0 Å². The Morgan fingerprint density at radius 3 is 2.64 bits per heavy atom. The number of nitrogens with zero attached hydrogens (tertiary/aromatic N) is 1. The Balaban J connectivity index is 1.62. The minimum atomic E-state index is -3.64. The fraction of sp³-hybridized carbons (Fsp3) is 0.167. The van der Waals surface area contributed by atoms with Gasteiger partial charge in [-0.1, -0.05) is 23.8 Å². The van der Waals surface area contributed by atoms with Crippen LogP contribution in [0.4, 0.5) is 4.39 Å². The lowest BCUT2D eigenvalue weighted by Crippen LogP contribution is -2.26. The highest BCUT2D eigenvalue weighted by molar-refractivity contribution is 7.89. The molecule has 0 saturated heterocycles. The number of rotatable bonds is 6. The Hall–Kier alpha value is -2.09. The number of thiazole rings is 1. The molecule has 0 fully saturated rings. The van der Waals surface area contributed by atoms with E-state index in [1.165, 1.54) is 29.0 Å². The summed E-state index contributed by atoms with van der Waals surface area (Å²) in [5.41, 5.74) is 3.06. The largest absolute Gasteiger partial charge is 0.241 e. The fourth-order valence-corrected chi connectivity index (χ4v) is 4.23. The van der Waals surface area contributed by atoms with Crippen LogP contribution in [0.5, 0.6) is 0 Å². The summed E-state index contributed by atoms with van der Waals surface area (Å²) in [4.78, 5) is 4.61. The number of aromatic nitrogens is 1. The van der Waals surface area contributed by atoms with Crippen LogP contribution in [-0.2, 0) is 16.4 Å². The molecule has 1 N–H and O–H groups in total. The zero-order valence-corrected chi connectivity index (χ0v) is 15.2. The molecule has 130 valence electrons. The van der Waals surface area contributed by atoms with Gasteiger partial charge in [0.15, 0.2) is 0 Å². The highest BCUT2D eigenvalue weighted by Gasteiger charge is 2.13. The van der Waals surface area contributed by atoms with Gasteiger partial charge in [-0.2, -0.15) is 0 Å². The molecule has 1 aromatic heterocycles. The first kappa shape index (κ1) is 17.7. The van der Waals surface area contributed by atoms with Crippen molar-refractivity contribution in [2.24, 2.45) is 0 Å². The van der Waals surface area contributed by atoms with E-state index in [-0.39, 0.29) is 11.4 Å². The Bertz CT molecular complexity index is 967. The van der Waals surface area contributed by atoms with Gasteiger partial charge >= 0.3 is 0 Å². The molecule has 0 amide bonds. The van der Waals surface area contributed by atoms with Gasteiger partial charge in [0.05, 0.1) is 10.6 Å².